The molecule has 0 aromatic rings. The van der Waals surface area contributed by atoms with Crippen LogP contribution < -0.4 is 0 Å². The van der Waals surface area contributed by atoms with Crippen LogP contribution in [0, 0.1) is 0 Å². The lowest BCUT2D eigenvalue weighted by molar-refractivity contribution is 0.0695. The van der Waals surface area contributed by atoms with Crippen molar-refractivity contribution >= 4 is 20.5 Å². The first kappa shape index (κ1) is 10.4. The Morgan fingerprint density at radius 2 is 2.10 bits per heavy atom. The highest BCUT2D eigenvalue weighted by Crippen LogP contribution is 2.42. The molecule has 0 rings (SSSR count). The van der Waals surface area contributed by atoms with Crippen molar-refractivity contribution in [3.63, 3.8) is 0 Å². The molecule has 0 aliphatic rings. The van der Waals surface area contributed by atoms with Gasteiger partial charge in [-0.2, -0.15) is 0 Å². The zero-order valence-electron chi connectivity index (χ0n) is 5.26. The number of rotatable bonds is 3. The third-order valence-corrected chi connectivity index (χ3v) is 1.63. The first-order valence-electron chi connectivity index (χ1n) is 2.36. The molecule has 0 amide bonds. The van der Waals surface area contributed by atoms with Crippen LogP contribution in [-0.2, 0) is 9.09 Å². The Kier molecular flexibility index (Phi) is 3.35. The molecule has 1 atom stereocenters. The third-order valence-electron chi connectivity index (χ3n) is 0.609. The maximum absolute atomic E-state index is 10.1. The SMILES string of the molecule is CC(S)(CO)OP(=O)(O)O. The minimum atomic E-state index is -4.54. The summed E-state index contributed by atoms with van der Waals surface area (Å²) in [6, 6.07) is 0. The molecule has 1 unspecified atom stereocenters. The topological polar surface area (TPSA) is 87.0 Å². The van der Waals surface area contributed by atoms with Crippen molar-refractivity contribution in [1.82, 2.24) is 0 Å². The van der Waals surface area contributed by atoms with Gasteiger partial charge in [0.25, 0.3) is 0 Å². The monoisotopic (exact) mass is 188 g/mol. The summed E-state index contributed by atoms with van der Waals surface area (Å²) in [4.78, 5) is 14.9. The lowest BCUT2D eigenvalue weighted by atomic mass is 10.4. The summed E-state index contributed by atoms with van der Waals surface area (Å²) in [6.45, 7) is 0.677. The Morgan fingerprint density at radius 3 is 2.20 bits per heavy atom. The van der Waals surface area contributed by atoms with E-state index in [4.69, 9.17) is 14.9 Å². The zero-order chi connectivity index (χ0) is 8.41. The number of phosphoric acid groups is 1. The molecule has 0 fully saturated rings. The van der Waals surface area contributed by atoms with Crippen molar-refractivity contribution in [1.29, 1.82) is 0 Å². The lowest BCUT2D eigenvalue weighted by Crippen LogP contribution is -2.24. The van der Waals surface area contributed by atoms with E-state index in [1.54, 1.807) is 0 Å². The van der Waals surface area contributed by atoms with Crippen LogP contribution in [0.2, 0.25) is 0 Å². The minimum Gasteiger partial charge on any atom is -0.392 e. The molecule has 10 heavy (non-hydrogen) atoms. The Bertz CT molecular complexity index is 151. The number of phosphoric ester groups is 1. The number of thiol groups is 1. The molecule has 62 valence electrons. The van der Waals surface area contributed by atoms with Crippen molar-refractivity contribution < 1.29 is 24.0 Å². The van der Waals surface area contributed by atoms with E-state index < -0.39 is 19.4 Å². The van der Waals surface area contributed by atoms with Gasteiger partial charge >= 0.3 is 7.82 Å². The Labute approximate surface area is 63.7 Å². The fourth-order valence-electron chi connectivity index (χ4n) is 0.285. The van der Waals surface area contributed by atoms with Crippen molar-refractivity contribution in [3.05, 3.63) is 0 Å². The van der Waals surface area contributed by atoms with Crippen molar-refractivity contribution in [2.45, 2.75) is 11.9 Å². The van der Waals surface area contributed by atoms with Gasteiger partial charge < -0.3 is 14.9 Å². The highest BCUT2D eigenvalue weighted by atomic mass is 32.1. The standard InChI is InChI=1S/C3H9O5PS/c1-3(10,2-4)8-9(5,6)7/h4,10H,2H2,1H3,(H2,5,6,7). The van der Waals surface area contributed by atoms with Gasteiger partial charge in [-0.3, -0.25) is 4.52 Å². The van der Waals surface area contributed by atoms with E-state index in [-0.39, 0.29) is 0 Å². The van der Waals surface area contributed by atoms with Gasteiger partial charge in [-0.25, -0.2) is 4.57 Å². The van der Waals surface area contributed by atoms with E-state index in [9.17, 15) is 4.57 Å². The van der Waals surface area contributed by atoms with E-state index in [0.717, 1.165) is 0 Å². The number of aliphatic hydroxyl groups excluding tert-OH is 1. The van der Waals surface area contributed by atoms with Crippen molar-refractivity contribution in [2.75, 3.05) is 6.61 Å². The summed E-state index contributed by atoms with van der Waals surface area (Å²) >= 11 is 3.62. The maximum Gasteiger partial charge on any atom is 0.471 e. The molecule has 0 radical (unpaired) electrons. The van der Waals surface area contributed by atoms with Gasteiger partial charge in [0.2, 0.25) is 0 Å². The number of hydrogen-bond acceptors (Lipinski definition) is 4. The summed E-state index contributed by atoms with van der Waals surface area (Å²) in [5.74, 6) is 0. The molecule has 3 N–H and O–H groups in total. The molecule has 7 heteroatoms. The van der Waals surface area contributed by atoms with Gasteiger partial charge in [0.1, 0.15) is 4.93 Å². The van der Waals surface area contributed by atoms with Crippen LogP contribution in [0.25, 0.3) is 0 Å². The summed E-state index contributed by atoms with van der Waals surface area (Å²) in [5, 5.41) is 8.41. The summed E-state index contributed by atoms with van der Waals surface area (Å²) in [5.41, 5.74) is 0. The maximum atomic E-state index is 10.1. The third kappa shape index (κ3) is 5.22. The second kappa shape index (κ2) is 3.21. The average molecular weight is 188 g/mol. The molecule has 0 bridgehead atoms. The van der Waals surface area contributed by atoms with Crippen LogP contribution in [0.5, 0.6) is 0 Å². The predicted octanol–water partition coefficient (Wildman–Crippen LogP) is -0.266. The predicted molar refractivity (Wildman–Crippen MR) is 37.6 cm³/mol. The molecule has 0 aromatic carbocycles. The molecule has 0 aromatic heterocycles. The van der Waals surface area contributed by atoms with Gasteiger partial charge in [0.05, 0.1) is 6.61 Å². The van der Waals surface area contributed by atoms with E-state index in [2.05, 4.69) is 17.2 Å². The molecular formula is C3H9O5PS. The van der Waals surface area contributed by atoms with E-state index in [1.165, 1.54) is 6.92 Å². The number of aliphatic hydroxyl groups is 1. The lowest BCUT2D eigenvalue weighted by Gasteiger charge is -2.20. The van der Waals surface area contributed by atoms with E-state index in [1.807, 2.05) is 0 Å². The molecule has 0 aliphatic heterocycles. The summed E-state index contributed by atoms with van der Waals surface area (Å²) in [6.07, 6.45) is 0. The van der Waals surface area contributed by atoms with E-state index in [0.29, 0.717) is 0 Å². The molecular weight excluding hydrogens is 179 g/mol. The smallest absolute Gasteiger partial charge is 0.392 e. The van der Waals surface area contributed by atoms with Crippen LogP contribution in [0.15, 0.2) is 0 Å². The van der Waals surface area contributed by atoms with Gasteiger partial charge in [0.15, 0.2) is 0 Å². The van der Waals surface area contributed by atoms with Crippen LogP contribution in [0.4, 0.5) is 0 Å². The van der Waals surface area contributed by atoms with Crippen LogP contribution in [0.1, 0.15) is 6.92 Å². The summed E-state index contributed by atoms with van der Waals surface area (Å²) < 4.78 is 14.2. The fourth-order valence-corrected chi connectivity index (χ4v) is 1.17. The molecule has 0 saturated carbocycles. The Balaban J connectivity index is 4.02. The second-order valence-electron chi connectivity index (χ2n) is 1.92. The first-order valence-corrected chi connectivity index (χ1v) is 4.34. The number of hydrogen-bond donors (Lipinski definition) is 4. The van der Waals surface area contributed by atoms with E-state index >= 15 is 0 Å². The highest BCUT2D eigenvalue weighted by molar-refractivity contribution is 7.81. The zero-order valence-corrected chi connectivity index (χ0v) is 7.05. The first-order chi connectivity index (χ1) is 4.27. The Hall–Kier alpha value is 0.420. The quantitative estimate of drug-likeness (QED) is 0.278. The molecule has 0 heterocycles. The molecule has 0 spiro atoms. The molecule has 5 nitrogen and oxygen atoms in total. The largest absolute Gasteiger partial charge is 0.471 e. The van der Waals surface area contributed by atoms with Crippen LogP contribution in [0.3, 0.4) is 0 Å². The average Bonchev–Trinajstić information content (AvgIpc) is 1.60. The van der Waals surface area contributed by atoms with Gasteiger partial charge in [0, 0.05) is 0 Å². The van der Waals surface area contributed by atoms with Crippen molar-refractivity contribution in [2.24, 2.45) is 0 Å². The van der Waals surface area contributed by atoms with Crippen LogP contribution >= 0.6 is 20.5 Å². The van der Waals surface area contributed by atoms with Gasteiger partial charge in [-0.05, 0) is 6.92 Å². The Morgan fingerprint density at radius 1 is 1.70 bits per heavy atom. The fraction of sp³-hybridized carbons (Fsp3) is 1.00. The molecule has 0 aliphatic carbocycles. The normalized spacial score (nSPS) is 18.5. The van der Waals surface area contributed by atoms with Gasteiger partial charge in [-0.1, -0.05) is 0 Å². The minimum absolute atomic E-state index is 0.568. The van der Waals surface area contributed by atoms with Crippen molar-refractivity contribution in [3.8, 4) is 0 Å². The van der Waals surface area contributed by atoms with Gasteiger partial charge in [-0.15, -0.1) is 12.6 Å². The highest BCUT2D eigenvalue weighted by Gasteiger charge is 2.28. The van der Waals surface area contributed by atoms with Crippen LogP contribution in [-0.4, -0.2) is 26.4 Å². The second-order valence-corrected chi connectivity index (χ2v) is 4.02. The summed E-state index contributed by atoms with van der Waals surface area (Å²) in [7, 11) is -4.54. The molecule has 0 saturated heterocycles.